The van der Waals surface area contributed by atoms with E-state index in [4.69, 9.17) is 4.74 Å². The highest BCUT2D eigenvalue weighted by Crippen LogP contribution is 2.45. The van der Waals surface area contributed by atoms with Gasteiger partial charge in [-0.15, -0.1) is 11.3 Å². The Balaban J connectivity index is 1.36. The maximum absolute atomic E-state index is 11.8. The van der Waals surface area contributed by atoms with Gasteiger partial charge in [0, 0.05) is 28.9 Å². The van der Waals surface area contributed by atoms with E-state index in [1.807, 2.05) is 32.1 Å². The molecule has 2 atom stereocenters. The Bertz CT molecular complexity index is 576. The van der Waals surface area contributed by atoms with Gasteiger partial charge in [-0.2, -0.15) is 0 Å². The number of hydrogen-bond donors (Lipinski definition) is 2. The van der Waals surface area contributed by atoms with E-state index in [1.54, 1.807) is 0 Å². The van der Waals surface area contributed by atoms with Gasteiger partial charge in [-0.3, -0.25) is 0 Å². The molecule has 1 amide bonds. The molecule has 3 rings (SSSR count). The molecule has 2 fully saturated rings. The highest BCUT2D eigenvalue weighted by molar-refractivity contribution is 9.11. The molecule has 0 bridgehead atoms. The first-order valence-electron chi connectivity index (χ1n) is 8.81. The van der Waals surface area contributed by atoms with Gasteiger partial charge in [-0.1, -0.05) is 0 Å². The van der Waals surface area contributed by atoms with Crippen LogP contribution in [-0.4, -0.2) is 29.8 Å². The molecule has 2 saturated carbocycles. The van der Waals surface area contributed by atoms with Crippen LogP contribution in [-0.2, 0) is 4.74 Å². The maximum Gasteiger partial charge on any atom is 0.407 e. The van der Waals surface area contributed by atoms with Gasteiger partial charge in [-0.05, 0) is 80.9 Å². The van der Waals surface area contributed by atoms with Crippen molar-refractivity contribution in [3.8, 4) is 0 Å². The van der Waals surface area contributed by atoms with Crippen LogP contribution in [0.25, 0.3) is 0 Å². The summed E-state index contributed by atoms with van der Waals surface area (Å²) in [6, 6.07) is 5.85. The number of ether oxygens (including phenoxy) is 1. The summed E-state index contributed by atoms with van der Waals surface area (Å²) < 4.78 is 6.56. The number of hydrogen-bond acceptors (Lipinski definition) is 4. The van der Waals surface area contributed by atoms with Crippen LogP contribution in [0.3, 0.4) is 0 Å². The van der Waals surface area contributed by atoms with Crippen molar-refractivity contribution in [3.05, 3.63) is 20.8 Å². The lowest BCUT2D eigenvalue weighted by atomic mass is 9.91. The van der Waals surface area contributed by atoms with Gasteiger partial charge in [0.25, 0.3) is 0 Å². The number of thiophene rings is 1. The number of alkyl carbamates (subject to hydrolysis) is 1. The Morgan fingerprint density at radius 1 is 1.21 bits per heavy atom. The lowest BCUT2D eigenvalue weighted by Gasteiger charge is -2.30. The molecule has 134 valence electrons. The summed E-state index contributed by atoms with van der Waals surface area (Å²) in [5.41, 5.74) is -0.430. The van der Waals surface area contributed by atoms with Crippen molar-refractivity contribution in [3.63, 3.8) is 0 Å². The Labute approximate surface area is 156 Å². The second kappa shape index (κ2) is 7.34. The van der Waals surface area contributed by atoms with Crippen LogP contribution in [0.1, 0.15) is 63.7 Å². The fourth-order valence-corrected chi connectivity index (χ4v) is 5.00. The molecule has 0 saturated heterocycles. The van der Waals surface area contributed by atoms with E-state index in [2.05, 4.69) is 38.7 Å². The Hall–Kier alpha value is -0.590. The fourth-order valence-electron chi connectivity index (χ4n) is 3.40. The zero-order valence-corrected chi connectivity index (χ0v) is 17.0. The van der Waals surface area contributed by atoms with Gasteiger partial charge in [0.15, 0.2) is 0 Å². The number of carbonyl (C=O) groups is 1. The van der Waals surface area contributed by atoms with Crippen molar-refractivity contribution in [1.82, 2.24) is 10.6 Å². The van der Waals surface area contributed by atoms with Crippen LogP contribution >= 0.6 is 27.3 Å². The molecule has 2 N–H and O–H groups in total. The van der Waals surface area contributed by atoms with Crippen molar-refractivity contribution in [2.75, 3.05) is 0 Å². The average Bonchev–Trinajstić information content (AvgIpc) is 3.10. The van der Waals surface area contributed by atoms with Crippen molar-refractivity contribution in [2.45, 2.75) is 82.5 Å². The zero-order chi connectivity index (χ0) is 17.3. The smallest absolute Gasteiger partial charge is 0.407 e. The molecule has 6 heteroatoms. The first-order chi connectivity index (χ1) is 11.3. The quantitative estimate of drug-likeness (QED) is 0.743. The molecule has 1 heterocycles. The summed E-state index contributed by atoms with van der Waals surface area (Å²) in [5, 5.41) is 6.82. The summed E-state index contributed by atoms with van der Waals surface area (Å²) in [4.78, 5) is 13.3. The topological polar surface area (TPSA) is 50.4 Å². The molecule has 0 aromatic carbocycles. The Kier molecular flexibility index (Phi) is 5.57. The average molecular weight is 415 g/mol. The summed E-state index contributed by atoms with van der Waals surface area (Å²) in [5.74, 6) is 0.693. The molecule has 2 aliphatic rings. The molecular weight excluding hydrogens is 388 g/mol. The third kappa shape index (κ3) is 5.20. The highest BCUT2D eigenvalue weighted by Gasteiger charge is 2.40. The number of halogens is 1. The zero-order valence-electron chi connectivity index (χ0n) is 14.6. The SMILES string of the molecule is CC(C)(C)OC(=O)NC1CCC(NC2CC2c2ccc(Br)s2)CC1. The second-order valence-electron chi connectivity index (χ2n) is 7.95. The minimum absolute atomic E-state index is 0.251. The van der Waals surface area contributed by atoms with Crippen molar-refractivity contribution >= 4 is 33.4 Å². The number of carbonyl (C=O) groups excluding carboxylic acids is 1. The number of nitrogens with one attached hydrogen (secondary N) is 2. The molecule has 1 aromatic rings. The van der Waals surface area contributed by atoms with E-state index < -0.39 is 5.60 Å². The number of rotatable bonds is 4. The molecule has 0 radical (unpaired) electrons. The van der Waals surface area contributed by atoms with Gasteiger partial charge in [-0.25, -0.2) is 4.79 Å². The summed E-state index contributed by atoms with van der Waals surface area (Å²) >= 11 is 5.40. The summed E-state index contributed by atoms with van der Waals surface area (Å²) in [6.45, 7) is 5.68. The summed E-state index contributed by atoms with van der Waals surface area (Å²) in [6.07, 6.45) is 5.26. The van der Waals surface area contributed by atoms with Crippen molar-refractivity contribution in [2.24, 2.45) is 0 Å². The first-order valence-corrected chi connectivity index (χ1v) is 10.4. The second-order valence-corrected chi connectivity index (χ2v) is 10.4. The van der Waals surface area contributed by atoms with Crippen LogP contribution in [0.15, 0.2) is 15.9 Å². The predicted octanol–water partition coefficient (Wildman–Crippen LogP) is 4.79. The Morgan fingerprint density at radius 2 is 1.88 bits per heavy atom. The first kappa shape index (κ1) is 18.2. The molecule has 24 heavy (non-hydrogen) atoms. The predicted molar refractivity (Wildman–Crippen MR) is 102 cm³/mol. The van der Waals surface area contributed by atoms with Crippen molar-refractivity contribution in [1.29, 1.82) is 0 Å². The van der Waals surface area contributed by atoms with Crippen LogP contribution in [0.4, 0.5) is 4.79 Å². The van der Waals surface area contributed by atoms with E-state index in [9.17, 15) is 4.79 Å². The highest BCUT2D eigenvalue weighted by atomic mass is 79.9. The van der Waals surface area contributed by atoms with Crippen LogP contribution < -0.4 is 10.6 Å². The standard InChI is InChI=1S/C18H27BrN2O2S/c1-18(2,3)23-17(22)21-12-6-4-11(5-7-12)20-14-10-13(14)15-8-9-16(19)24-15/h8-9,11-14,20H,4-7,10H2,1-3H3,(H,21,22). The molecule has 0 spiro atoms. The molecule has 4 nitrogen and oxygen atoms in total. The van der Waals surface area contributed by atoms with Crippen LogP contribution in [0, 0.1) is 0 Å². The van der Waals surface area contributed by atoms with E-state index in [0.29, 0.717) is 18.0 Å². The molecule has 2 unspecified atom stereocenters. The number of amides is 1. The van der Waals surface area contributed by atoms with Gasteiger partial charge >= 0.3 is 6.09 Å². The lowest BCUT2D eigenvalue weighted by molar-refractivity contribution is 0.0489. The fraction of sp³-hybridized carbons (Fsp3) is 0.722. The molecule has 2 aliphatic carbocycles. The van der Waals surface area contributed by atoms with E-state index in [0.717, 1.165) is 25.7 Å². The largest absolute Gasteiger partial charge is 0.444 e. The summed E-state index contributed by atoms with van der Waals surface area (Å²) in [7, 11) is 0. The van der Waals surface area contributed by atoms with E-state index >= 15 is 0 Å². The van der Waals surface area contributed by atoms with E-state index in [-0.39, 0.29) is 12.1 Å². The lowest BCUT2D eigenvalue weighted by Crippen LogP contribution is -2.44. The minimum atomic E-state index is -0.430. The monoisotopic (exact) mass is 414 g/mol. The molecule has 1 aromatic heterocycles. The van der Waals surface area contributed by atoms with Gasteiger partial charge < -0.3 is 15.4 Å². The molecule has 0 aliphatic heterocycles. The van der Waals surface area contributed by atoms with Crippen LogP contribution in [0.5, 0.6) is 0 Å². The van der Waals surface area contributed by atoms with Crippen LogP contribution in [0.2, 0.25) is 0 Å². The minimum Gasteiger partial charge on any atom is -0.444 e. The third-order valence-electron chi connectivity index (χ3n) is 4.65. The maximum atomic E-state index is 11.8. The third-order valence-corrected chi connectivity index (χ3v) is 6.40. The van der Waals surface area contributed by atoms with E-state index in [1.165, 1.54) is 15.1 Å². The van der Waals surface area contributed by atoms with Gasteiger partial charge in [0.1, 0.15) is 5.60 Å². The van der Waals surface area contributed by atoms with Gasteiger partial charge in [0.2, 0.25) is 0 Å². The van der Waals surface area contributed by atoms with Crippen molar-refractivity contribution < 1.29 is 9.53 Å². The van der Waals surface area contributed by atoms with Gasteiger partial charge in [0.05, 0.1) is 3.79 Å². The Morgan fingerprint density at radius 3 is 2.46 bits per heavy atom. The molecular formula is C18H27BrN2O2S. The normalized spacial score (nSPS) is 30.0.